The van der Waals surface area contributed by atoms with Crippen LogP contribution in [0.4, 0.5) is 4.39 Å². The van der Waals surface area contributed by atoms with Crippen molar-refractivity contribution in [3.8, 4) is 5.88 Å². The molecule has 0 spiro atoms. The number of amides is 1. The summed E-state index contributed by atoms with van der Waals surface area (Å²) in [5, 5.41) is 6.29. The topological polar surface area (TPSA) is 72.5 Å². The molecule has 8 heteroatoms. The lowest BCUT2D eigenvalue weighted by Gasteiger charge is -2.28. The average molecular weight is 422 g/mol. The van der Waals surface area contributed by atoms with Crippen molar-refractivity contribution in [2.75, 3.05) is 26.2 Å². The summed E-state index contributed by atoms with van der Waals surface area (Å²) < 4.78 is 25.6. The van der Waals surface area contributed by atoms with Crippen LogP contribution in [0.15, 0.2) is 42.6 Å². The SMILES string of the molecule is CC(C)(Oc1ccccn1)C(=O)NCC1CNCCOC1c1ccc(Cl)c(F)c1. The van der Waals surface area contributed by atoms with E-state index < -0.39 is 11.4 Å². The standard InChI is InChI=1S/C21H25ClFN3O3/c1-21(2,29-18-5-3-4-8-25-18)20(27)26-13-15-12-24-9-10-28-19(15)14-6-7-16(22)17(23)11-14/h3-8,11,15,19,24H,9-10,12-13H2,1-2H3,(H,26,27). The largest absolute Gasteiger partial charge is 0.462 e. The van der Waals surface area contributed by atoms with Crippen molar-refractivity contribution in [1.82, 2.24) is 15.6 Å². The molecule has 1 fully saturated rings. The van der Waals surface area contributed by atoms with Crippen LogP contribution in [-0.4, -0.2) is 42.7 Å². The highest BCUT2D eigenvalue weighted by atomic mass is 35.5. The molecule has 29 heavy (non-hydrogen) atoms. The molecule has 1 aliphatic rings. The van der Waals surface area contributed by atoms with E-state index in [1.54, 1.807) is 44.3 Å². The Kier molecular flexibility index (Phi) is 7.05. The number of benzene rings is 1. The number of hydrogen-bond acceptors (Lipinski definition) is 5. The Balaban J connectivity index is 1.67. The van der Waals surface area contributed by atoms with Crippen LogP contribution in [-0.2, 0) is 9.53 Å². The van der Waals surface area contributed by atoms with E-state index in [0.29, 0.717) is 37.7 Å². The second-order valence-corrected chi connectivity index (χ2v) is 7.83. The van der Waals surface area contributed by atoms with E-state index in [1.807, 2.05) is 0 Å². The lowest BCUT2D eigenvalue weighted by Crippen LogP contribution is -2.49. The van der Waals surface area contributed by atoms with Crippen LogP contribution in [0, 0.1) is 11.7 Å². The maximum atomic E-state index is 13.9. The van der Waals surface area contributed by atoms with Gasteiger partial charge in [-0.3, -0.25) is 4.79 Å². The van der Waals surface area contributed by atoms with Gasteiger partial charge in [0.05, 0.1) is 17.7 Å². The fourth-order valence-corrected chi connectivity index (χ4v) is 3.30. The molecule has 2 N–H and O–H groups in total. The third-order valence-electron chi connectivity index (χ3n) is 4.75. The monoisotopic (exact) mass is 421 g/mol. The van der Waals surface area contributed by atoms with Crippen molar-refractivity contribution in [2.45, 2.75) is 25.6 Å². The zero-order valence-electron chi connectivity index (χ0n) is 16.5. The van der Waals surface area contributed by atoms with Crippen molar-refractivity contribution in [1.29, 1.82) is 0 Å². The van der Waals surface area contributed by atoms with E-state index in [1.165, 1.54) is 12.1 Å². The first-order chi connectivity index (χ1) is 13.9. The molecule has 0 radical (unpaired) electrons. The zero-order chi connectivity index (χ0) is 20.9. The van der Waals surface area contributed by atoms with Gasteiger partial charge in [0.2, 0.25) is 5.88 Å². The minimum Gasteiger partial charge on any atom is -0.462 e. The van der Waals surface area contributed by atoms with E-state index in [9.17, 15) is 9.18 Å². The van der Waals surface area contributed by atoms with Gasteiger partial charge in [-0.15, -0.1) is 0 Å². The summed E-state index contributed by atoms with van der Waals surface area (Å²) in [6.07, 6.45) is 1.24. The highest BCUT2D eigenvalue weighted by Gasteiger charge is 2.33. The van der Waals surface area contributed by atoms with Gasteiger partial charge in [0.15, 0.2) is 5.60 Å². The van der Waals surface area contributed by atoms with Crippen molar-refractivity contribution in [2.24, 2.45) is 5.92 Å². The summed E-state index contributed by atoms with van der Waals surface area (Å²) in [6, 6.07) is 9.93. The third-order valence-corrected chi connectivity index (χ3v) is 5.06. The van der Waals surface area contributed by atoms with Gasteiger partial charge in [-0.1, -0.05) is 23.7 Å². The zero-order valence-corrected chi connectivity index (χ0v) is 17.2. The van der Waals surface area contributed by atoms with Gasteiger partial charge in [-0.2, -0.15) is 0 Å². The smallest absolute Gasteiger partial charge is 0.263 e. The number of aromatic nitrogens is 1. The normalized spacial score (nSPS) is 20.0. The molecule has 1 amide bonds. The number of carbonyl (C=O) groups excluding carboxylic acids is 1. The quantitative estimate of drug-likeness (QED) is 0.749. The van der Waals surface area contributed by atoms with Gasteiger partial charge in [0.1, 0.15) is 5.82 Å². The molecule has 6 nitrogen and oxygen atoms in total. The summed E-state index contributed by atoms with van der Waals surface area (Å²) in [4.78, 5) is 16.8. The second kappa shape index (κ2) is 9.52. The molecule has 3 rings (SSSR count). The van der Waals surface area contributed by atoms with E-state index >= 15 is 0 Å². The minimum atomic E-state index is -1.10. The third kappa shape index (κ3) is 5.65. The number of pyridine rings is 1. The number of rotatable bonds is 6. The van der Waals surface area contributed by atoms with Crippen LogP contribution in [0.3, 0.4) is 0 Å². The maximum Gasteiger partial charge on any atom is 0.263 e. The van der Waals surface area contributed by atoms with Crippen LogP contribution >= 0.6 is 11.6 Å². The average Bonchev–Trinajstić information content (AvgIpc) is 2.94. The molecule has 1 saturated heterocycles. The van der Waals surface area contributed by atoms with Gasteiger partial charge in [-0.25, -0.2) is 9.37 Å². The number of carbonyl (C=O) groups is 1. The van der Waals surface area contributed by atoms with Crippen LogP contribution < -0.4 is 15.4 Å². The number of ether oxygens (including phenoxy) is 2. The molecule has 1 aromatic heterocycles. The second-order valence-electron chi connectivity index (χ2n) is 7.42. The molecule has 2 unspecified atom stereocenters. The Morgan fingerprint density at radius 3 is 2.97 bits per heavy atom. The first kappa shape index (κ1) is 21.5. The Bertz CT molecular complexity index is 835. The number of nitrogens with one attached hydrogen (secondary N) is 2. The minimum absolute atomic E-state index is 0.0683. The molecule has 2 aromatic rings. The van der Waals surface area contributed by atoms with Crippen molar-refractivity contribution < 1.29 is 18.7 Å². The predicted octanol–water partition coefficient (Wildman–Crippen LogP) is 3.13. The van der Waals surface area contributed by atoms with Crippen LogP contribution in [0.1, 0.15) is 25.5 Å². The van der Waals surface area contributed by atoms with Crippen LogP contribution in [0.25, 0.3) is 0 Å². The van der Waals surface area contributed by atoms with E-state index in [4.69, 9.17) is 21.1 Å². The van der Waals surface area contributed by atoms with Gasteiger partial charge in [0.25, 0.3) is 5.91 Å². The lowest BCUT2D eigenvalue weighted by molar-refractivity contribution is -0.134. The van der Waals surface area contributed by atoms with E-state index in [2.05, 4.69) is 15.6 Å². The van der Waals surface area contributed by atoms with Crippen molar-refractivity contribution in [3.05, 3.63) is 59.0 Å². The highest BCUT2D eigenvalue weighted by Crippen LogP contribution is 2.29. The number of hydrogen-bond donors (Lipinski definition) is 2. The Morgan fingerprint density at radius 1 is 1.41 bits per heavy atom. The molecule has 156 valence electrons. The highest BCUT2D eigenvalue weighted by molar-refractivity contribution is 6.30. The van der Waals surface area contributed by atoms with E-state index in [-0.39, 0.29) is 23.0 Å². The molecule has 2 heterocycles. The number of nitrogens with zero attached hydrogens (tertiary/aromatic N) is 1. The molecule has 0 saturated carbocycles. The molecule has 0 bridgehead atoms. The summed E-state index contributed by atoms with van der Waals surface area (Å²) in [5.41, 5.74) is -0.409. The van der Waals surface area contributed by atoms with Gasteiger partial charge >= 0.3 is 0 Å². The first-order valence-electron chi connectivity index (χ1n) is 9.52. The Labute approximate surface area is 174 Å². The maximum absolute atomic E-state index is 13.9. The molecule has 2 atom stereocenters. The summed E-state index contributed by atoms with van der Waals surface area (Å²) in [6.45, 7) is 5.52. The summed E-state index contributed by atoms with van der Waals surface area (Å²) >= 11 is 5.80. The fraction of sp³-hybridized carbons (Fsp3) is 0.429. The molecular weight excluding hydrogens is 397 g/mol. The fourth-order valence-electron chi connectivity index (χ4n) is 3.18. The van der Waals surface area contributed by atoms with Crippen molar-refractivity contribution >= 4 is 17.5 Å². The van der Waals surface area contributed by atoms with Crippen LogP contribution in [0.5, 0.6) is 5.88 Å². The molecule has 1 aromatic carbocycles. The van der Waals surface area contributed by atoms with Gasteiger partial charge in [-0.05, 0) is 37.6 Å². The Morgan fingerprint density at radius 2 is 2.24 bits per heavy atom. The first-order valence-corrected chi connectivity index (χ1v) is 9.90. The Hall–Kier alpha value is -2.22. The van der Waals surface area contributed by atoms with Gasteiger partial charge in [0, 0.05) is 37.8 Å². The molecular formula is C21H25ClFN3O3. The van der Waals surface area contributed by atoms with Gasteiger partial charge < -0.3 is 20.1 Å². The summed E-state index contributed by atoms with van der Waals surface area (Å²) in [7, 11) is 0. The van der Waals surface area contributed by atoms with Crippen molar-refractivity contribution in [3.63, 3.8) is 0 Å². The number of halogens is 2. The van der Waals surface area contributed by atoms with Crippen LogP contribution in [0.2, 0.25) is 5.02 Å². The summed E-state index contributed by atoms with van der Waals surface area (Å²) in [5.74, 6) is -0.472. The molecule has 0 aliphatic carbocycles. The lowest BCUT2D eigenvalue weighted by atomic mass is 9.95. The van der Waals surface area contributed by atoms with E-state index in [0.717, 1.165) is 0 Å². The predicted molar refractivity (Wildman–Crippen MR) is 108 cm³/mol. The molecule has 1 aliphatic heterocycles.